The summed E-state index contributed by atoms with van der Waals surface area (Å²) in [4.78, 5) is 7.30. The molecular formula is C22H25N3O4S2. The minimum Gasteiger partial charge on any atom is -0.497 e. The Morgan fingerprint density at radius 1 is 0.903 bits per heavy atom. The van der Waals surface area contributed by atoms with Crippen molar-refractivity contribution in [2.45, 2.75) is 11.4 Å². The Balaban J connectivity index is 1.35. The van der Waals surface area contributed by atoms with Gasteiger partial charge in [0.15, 0.2) is 0 Å². The molecule has 4 rings (SSSR count). The SMILES string of the molecule is COc1ccc(-c2csc(CN3CCN(S(=O)(=O)c4ccc(OC)cc4)CC3)n2)cc1. The molecular weight excluding hydrogens is 434 g/mol. The second kappa shape index (κ2) is 9.35. The molecule has 0 radical (unpaired) electrons. The molecule has 1 fully saturated rings. The normalized spacial score (nSPS) is 15.7. The van der Waals surface area contributed by atoms with E-state index in [9.17, 15) is 8.42 Å². The van der Waals surface area contributed by atoms with E-state index in [4.69, 9.17) is 14.5 Å². The molecule has 164 valence electrons. The summed E-state index contributed by atoms with van der Waals surface area (Å²) in [7, 11) is -0.282. The second-order valence-electron chi connectivity index (χ2n) is 7.21. The Morgan fingerprint density at radius 2 is 1.48 bits per heavy atom. The van der Waals surface area contributed by atoms with Crippen LogP contribution in [0.1, 0.15) is 5.01 Å². The monoisotopic (exact) mass is 459 g/mol. The van der Waals surface area contributed by atoms with Gasteiger partial charge in [0.2, 0.25) is 10.0 Å². The molecule has 1 aliphatic heterocycles. The van der Waals surface area contributed by atoms with Crippen molar-refractivity contribution in [1.29, 1.82) is 0 Å². The van der Waals surface area contributed by atoms with E-state index >= 15 is 0 Å². The predicted molar refractivity (Wildman–Crippen MR) is 121 cm³/mol. The number of benzene rings is 2. The minimum atomic E-state index is -3.49. The summed E-state index contributed by atoms with van der Waals surface area (Å²) in [6, 6.07) is 14.4. The molecule has 0 spiro atoms. The number of piperazine rings is 1. The highest BCUT2D eigenvalue weighted by Crippen LogP contribution is 2.26. The van der Waals surface area contributed by atoms with Crippen molar-refractivity contribution in [1.82, 2.24) is 14.2 Å². The molecule has 0 aliphatic carbocycles. The molecule has 2 heterocycles. The van der Waals surface area contributed by atoms with E-state index in [0.717, 1.165) is 28.6 Å². The van der Waals surface area contributed by atoms with E-state index in [-0.39, 0.29) is 0 Å². The third-order valence-corrected chi connectivity index (χ3v) is 8.07. The molecule has 3 aromatic rings. The van der Waals surface area contributed by atoms with E-state index < -0.39 is 10.0 Å². The maximum absolute atomic E-state index is 12.9. The third-order valence-electron chi connectivity index (χ3n) is 5.32. The summed E-state index contributed by atoms with van der Waals surface area (Å²) in [5, 5.41) is 3.08. The molecule has 0 unspecified atom stereocenters. The van der Waals surface area contributed by atoms with Crippen LogP contribution in [0.25, 0.3) is 11.3 Å². The zero-order valence-electron chi connectivity index (χ0n) is 17.5. The number of hydrogen-bond acceptors (Lipinski definition) is 7. The van der Waals surface area contributed by atoms with Gasteiger partial charge in [0.25, 0.3) is 0 Å². The molecule has 1 aromatic heterocycles. The van der Waals surface area contributed by atoms with Crippen LogP contribution in [0, 0.1) is 0 Å². The van der Waals surface area contributed by atoms with Crippen LogP contribution in [-0.2, 0) is 16.6 Å². The number of hydrogen-bond donors (Lipinski definition) is 0. The maximum Gasteiger partial charge on any atom is 0.243 e. The molecule has 0 N–H and O–H groups in total. The number of thiazole rings is 1. The molecule has 1 saturated heterocycles. The molecule has 0 bridgehead atoms. The van der Waals surface area contributed by atoms with Gasteiger partial charge in [-0.2, -0.15) is 4.31 Å². The van der Waals surface area contributed by atoms with Crippen molar-refractivity contribution in [3.05, 3.63) is 58.9 Å². The van der Waals surface area contributed by atoms with E-state index in [1.54, 1.807) is 54.1 Å². The first-order chi connectivity index (χ1) is 15.0. The first kappa shape index (κ1) is 21.8. The van der Waals surface area contributed by atoms with Crippen LogP contribution in [0.5, 0.6) is 11.5 Å². The minimum absolute atomic E-state index is 0.297. The Morgan fingerprint density at radius 3 is 2.06 bits per heavy atom. The molecule has 0 amide bonds. The van der Waals surface area contributed by atoms with Gasteiger partial charge in [-0.05, 0) is 48.5 Å². The van der Waals surface area contributed by atoms with E-state index in [0.29, 0.717) is 36.8 Å². The van der Waals surface area contributed by atoms with Crippen LogP contribution >= 0.6 is 11.3 Å². The van der Waals surface area contributed by atoms with Gasteiger partial charge < -0.3 is 9.47 Å². The molecule has 1 aliphatic rings. The van der Waals surface area contributed by atoms with E-state index in [1.165, 1.54) is 0 Å². The Hall–Kier alpha value is -2.46. The Labute approximate surface area is 186 Å². The van der Waals surface area contributed by atoms with Crippen molar-refractivity contribution in [2.75, 3.05) is 40.4 Å². The van der Waals surface area contributed by atoms with Crippen LogP contribution < -0.4 is 9.47 Å². The highest BCUT2D eigenvalue weighted by atomic mass is 32.2. The quantitative estimate of drug-likeness (QED) is 0.540. The fourth-order valence-electron chi connectivity index (χ4n) is 3.49. The smallest absolute Gasteiger partial charge is 0.243 e. The first-order valence-electron chi connectivity index (χ1n) is 9.95. The zero-order valence-corrected chi connectivity index (χ0v) is 19.2. The van der Waals surface area contributed by atoms with Crippen LogP contribution in [0.4, 0.5) is 0 Å². The van der Waals surface area contributed by atoms with Gasteiger partial charge in [0, 0.05) is 37.1 Å². The lowest BCUT2D eigenvalue weighted by atomic mass is 10.2. The van der Waals surface area contributed by atoms with E-state index in [2.05, 4.69) is 10.3 Å². The van der Waals surface area contributed by atoms with Gasteiger partial charge in [-0.15, -0.1) is 11.3 Å². The number of nitrogens with zero attached hydrogens (tertiary/aromatic N) is 3. The van der Waals surface area contributed by atoms with Gasteiger partial charge in [-0.25, -0.2) is 13.4 Å². The lowest BCUT2D eigenvalue weighted by molar-refractivity contribution is 0.181. The van der Waals surface area contributed by atoms with Gasteiger partial charge in [-0.1, -0.05) is 0 Å². The second-order valence-corrected chi connectivity index (χ2v) is 10.1. The van der Waals surface area contributed by atoms with Gasteiger partial charge in [-0.3, -0.25) is 4.90 Å². The van der Waals surface area contributed by atoms with Crippen LogP contribution in [0.3, 0.4) is 0 Å². The summed E-state index contributed by atoms with van der Waals surface area (Å²) in [6.07, 6.45) is 0. The summed E-state index contributed by atoms with van der Waals surface area (Å²) in [5.41, 5.74) is 2.00. The van der Waals surface area contributed by atoms with Crippen molar-refractivity contribution in [3.63, 3.8) is 0 Å². The molecule has 0 atom stereocenters. The van der Waals surface area contributed by atoms with Crippen LogP contribution in [0.2, 0.25) is 0 Å². The lowest BCUT2D eigenvalue weighted by Crippen LogP contribution is -2.48. The molecule has 2 aromatic carbocycles. The number of sulfonamides is 1. The molecule has 31 heavy (non-hydrogen) atoms. The Bertz CT molecular complexity index is 1100. The van der Waals surface area contributed by atoms with Crippen LogP contribution in [0.15, 0.2) is 58.8 Å². The number of aromatic nitrogens is 1. The summed E-state index contributed by atoms with van der Waals surface area (Å²) in [5.74, 6) is 1.46. The standard InChI is InChI=1S/C22H25N3O4S2/c1-28-18-5-3-17(4-6-18)21-16-30-22(23-21)15-24-11-13-25(14-12-24)31(26,27)20-9-7-19(29-2)8-10-20/h3-10,16H,11-15H2,1-2H3. The topological polar surface area (TPSA) is 72.0 Å². The van der Waals surface area contributed by atoms with Crippen molar-refractivity contribution >= 4 is 21.4 Å². The van der Waals surface area contributed by atoms with Crippen molar-refractivity contribution in [2.24, 2.45) is 0 Å². The maximum atomic E-state index is 12.9. The average Bonchev–Trinajstić information content (AvgIpc) is 3.28. The van der Waals surface area contributed by atoms with Crippen LogP contribution in [-0.4, -0.2) is 63.0 Å². The molecule has 7 nitrogen and oxygen atoms in total. The fourth-order valence-corrected chi connectivity index (χ4v) is 5.76. The molecule has 0 saturated carbocycles. The fraction of sp³-hybridized carbons (Fsp3) is 0.318. The summed E-state index contributed by atoms with van der Waals surface area (Å²) >= 11 is 1.63. The van der Waals surface area contributed by atoms with Crippen molar-refractivity contribution in [3.8, 4) is 22.8 Å². The van der Waals surface area contributed by atoms with Crippen molar-refractivity contribution < 1.29 is 17.9 Å². The Kier molecular flexibility index (Phi) is 6.57. The first-order valence-corrected chi connectivity index (χ1v) is 12.3. The summed E-state index contributed by atoms with van der Waals surface area (Å²) < 4.78 is 37.7. The zero-order chi connectivity index (χ0) is 21.8. The third kappa shape index (κ3) is 4.90. The summed E-state index contributed by atoms with van der Waals surface area (Å²) in [6.45, 7) is 2.99. The lowest BCUT2D eigenvalue weighted by Gasteiger charge is -2.33. The predicted octanol–water partition coefficient (Wildman–Crippen LogP) is 3.33. The van der Waals surface area contributed by atoms with Gasteiger partial charge in [0.1, 0.15) is 16.5 Å². The van der Waals surface area contributed by atoms with Gasteiger partial charge in [0.05, 0.1) is 31.4 Å². The number of rotatable bonds is 7. The molecule has 9 heteroatoms. The average molecular weight is 460 g/mol. The highest BCUT2D eigenvalue weighted by molar-refractivity contribution is 7.89. The largest absolute Gasteiger partial charge is 0.497 e. The highest BCUT2D eigenvalue weighted by Gasteiger charge is 2.28. The van der Waals surface area contributed by atoms with Gasteiger partial charge >= 0.3 is 0 Å². The number of methoxy groups -OCH3 is 2. The van der Waals surface area contributed by atoms with E-state index in [1.807, 2.05) is 24.3 Å². The number of ether oxygens (including phenoxy) is 2.